The van der Waals surface area contributed by atoms with Crippen LogP contribution in [-0.2, 0) is 11.0 Å². The Morgan fingerprint density at radius 2 is 1.85 bits per heavy atom. The Bertz CT molecular complexity index is 530. The van der Waals surface area contributed by atoms with Crippen molar-refractivity contribution < 1.29 is 32.5 Å². The van der Waals surface area contributed by atoms with Gasteiger partial charge in [0.1, 0.15) is 13.2 Å². The van der Waals surface area contributed by atoms with E-state index in [4.69, 9.17) is 20.3 Å². The fourth-order valence-corrected chi connectivity index (χ4v) is 2.00. The summed E-state index contributed by atoms with van der Waals surface area (Å²) < 4.78 is 49.4. The molecule has 0 aromatic heterocycles. The van der Waals surface area contributed by atoms with Crippen LogP contribution in [0.25, 0.3) is 0 Å². The normalized spacial score (nSPS) is 15.8. The number of alkyl halides is 3. The van der Waals surface area contributed by atoms with Crippen molar-refractivity contribution in [3.63, 3.8) is 0 Å². The Morgan fingerprint density at radius 1 is 1.30 bits per heavy atom. The maximum atomic E-state index is 13.0. The van der Waals surface area contributed by atoms with E-state index >= 15 is 0 Å². The molecule has 1 heterocycles. The van der Waals surface area contributed by atoms with Crippen LogP contribution in [0, 0.1) is 0 Å². The lowest BCUT2D eigenvalue weighted by atomic mass is 9.93. The molecule has 0 fully saturated rings. The smallest absolute Gasteiger partial charge is 0.416 e. The summed E-state index contributed by atoms with van der Waals surface area (Å²) in [5.41, 5.74) is 3.78. The number of nitrogens with two attached hydrogens (primary N) is 1. The zero-order chi connectivity index (χ0) is 14.9. The van der Waals surface area contributed by atoms with Gasteiger partial charge in [0.2, 0.25) is 0 Å². The Kier molecular flexibility index (Phi) is 3.76. The summed E-state index contributed by atoms with van der Waals surface area (Å²) in [5, 5.41) is 9.00. The number of hydrogen-bond donors (Lipinski definition) is 2. The quantitative estimate of drug-likeness (QED) is 0.884. The van der Waals surface area contributed by atoms with Gasteiger partial charge in [-0.2, -0.15) is 13.2 Å². The molecule has 1 aliphatic rings. The second-order valence-electron chi connectivity index (χ2n) is 4.21. The van der Waals surface area contributed by atoms with E-state index in [9.17, 15) is 18.0 Å². The molecule has 1 unspecified atom stereocenters. The highest BCUT2D eigenvalue weighted by Gasteiger charge is 2.38. The van der Waals surface area contributed by atoms with Crippen LogP contribution < -0.4 is 15.2 Å². The Hall–Kier alpha value is -1.96. The lowest BCUT2D eigenvalue weighted by Gasteiger charge is -2.24. The first-order valence-corrected chi connectivity index (χ1v) is 5.78. The van der Waals surface area contributed by atoms with Crippen molar-refractivity contribution in [1.29, 1.82) is 0 Å². The highest BCUT2D eigenvalue weighted by atomic mass is 19.4. The van der Waals surface area contributed by atoms with Crippen LogP contribution in [0.3, 0.4) is 0 Å². The highest BCUT2D eigenvalue weighted by molar-refractivity contribution is 5.77. The van der Waals surface area contributed by atoms with Gasteiger partial charge in [-0.1, -0.05) is 0 Å². The van der Waals surface area contributed by atoms with E-state index in [0.29, 0.717) is 0 Å². The van der Waals surface area contributed by atoms with Gasteiger partial charge >= 0.3 is 12.1 Å². The van der Waals surface area contributed by atoms with Crippen LogP contribution >= 0.6 is 0 Å². The first-order valence-electron chi connectivity index (χ1n) is 5.78. The zero-order valence-electron chi connectivity index (χ0n) is 10.2. The molecule has 20 heavy (non-hydrogen) atoms. The summed E-state index contributed by atoms with van der Waals surface area (Å²) in [5.74, 6) is -2.83. The molecule has 1 atom stereocenters. The summed E-state index contributed by atoms with van der Waals surface area (Å²) >= 11 is 0. The molecule has 0 saturated carbocycles. The van der Waals surface area contributed by atoms with Crippen LogP contribution in [0.1, 0.15) is 17.0 Å². The van der Waals surface area contributed by atoms with Crippen molar-refractivity contribution in [2.24, 2.45) is 5.73 Å². The number of halogens is 3. The van der Waals surface area contributed by atoms with Crippen molar-refractivity contribution >= 4 is 5.97 Å². The summed E-state index contributed by atoms with van der Waals surface area (Å²) in [6.07, 6.45) is -4.70. The third-order valence-electron chi connectivity index (χ3n) is 2.93. The molecule has 2 rings (SSSR count). The molecular formula is C12H12F3NO4. The molecule has 1 aliphatic heterocycles. The molecule has 0 saturated heterocycles. The number of benzene rings is 1. The average Bonchev–Trinajstić information content (AvgIpc) is 2.37. The molecule has 5 nitrogen and oxygen atoms in total. The van der Waals surface area contributed by atoms with Gasteiger partial charge < -0.3 is 20.3 Å². The van der Waals surface area contributed by atoms with Gasteiger partial charge in [-0.05, 0) is 17.7 Å². The minimum atomic E-state index is -4.70. The molecule has 0 radical (unpaired) electrons. The lowest BCUT2D eigenvalue weighted by molar-refractivity contribution is -0.141. The molecule has 0 aliphatic carbocycles. The van der Waals surface area contributed by atoms with Crippen LogP contribution in [0.4, 0.5) is 13.2 Å². The average molecular weight is 291 g/mol. The van der Waals surface area contributed by atoms with Crippen molar-refractivity contribution in [3.8, 4) is 11.5 Å². The minimum Gasteiger partial charge on any atom is -0.486 e. The maximum Gasteiger partial charge on any atom is 0.416 e. The number of ether oxygens (including phenoxy) is 2. The second kappa shape index (κ2) is 5.20. The predicted octanol–water partition coefficient (Wildman–Crippen LogP) is 1.60. The molecule has 110 valence electrons. The monoisotopic (exact) mass is 291 g/mol. The summed E-state index contributed by atoms with van der Waals surface area (Å²) in [6.45, 7) is -0.112. The predicted molar refractivity (Wildman–Crippen MR) is 61.9 cm³/mol. The van der Waals surface area contributed by atoms with Crippen LogP contribution in [-0.4, -0.2) is 30.8 Å². The van der Waals surface area contributed by atoms with Crippen molar-refractivity contribution in [3.05, 3.63) is 23.3 Å². The van der Waals surface area contributed by atoms with Crippen molar-refractivity contribution in [1.82, 2.24) is 0 Å². The molecule has 0 spiro atoms. The van der Waals surface area contributed by atoms with E-state index < -0.39 is 35.7 Å². The number of hydrogen-bond acceptors (Lipinski definition) is 4. The van der Waals surface area contributed by atoms with Gasteiger partial charge in [0.15, 0.2) is 11.5 Å². The van der Waals surface area contributed by atoms with Crippen molar-refractivity contribution in [2.45, 2.75) is 12.1 Å². The molecule has 8 heteroatoms. The lowest BCUT2D eigenvalue weighted by Crippen LogP contribution is -2.25. The van der Waals surface area contributed by atoms with Crippen LogP contribution in [0.2, 0.25) is 0 Å². The summed E-state index contributed by atoms with van der Waals surface area (Å²) in [7, 11) is 0. The third-order valence-corrected chi connectivity index (χ3v) is 2.93. The van der Waals surface area contributed by atoms with E-state index in [1.54, 1.807) is 0 Å². The number of carbonyl (C=O) groups is 1. The molecule has 1 aromatic rings. The number of carboxylic acids is 1. The first-order chi connectivity index (χ1) is 9.34. The van der Waals surface area contributed by atoms with E-state index in [1.165, 1.54) is 0 Å². The van der Waals surface area contributed by atoms with E-state index in [2.05, 4.69) is 0 Å². The largest absolute Gasteiger partial charge is 0.486 e. The first kappa shape index (κ1) is 14.4. The van der Waals surface area contributed by atoms with Gasteiger partial charge in [-0.15, -0.1) is 0 Å². The summed E-state index contributed by atoms with van der Waals surface area (Å²) in [6, 6.07) is 1.80. The number of aliphatic carboxylic acids is 1. The highest BCUT2D eigenvalue weighted by Crippen LogP contribution is 2.42. The van der Waals surface area contributed by atoms with Crippen LogP contribution in [0.5, 0.6) is 11.5 Å². The molecule has 3 N–H and O–H groups in total. The molecule has 0 bridgehead atoms. The van der Waals surface area contributed by atoms with Gasteiger partial charge in [0, 0.05) is 6.54 Å². The van der Waals surface area contributed by atoms with Gasteiger partial charge in [0.25, 0.3) is 0 Å². The number of rotatable bonds is 3. The Balaban J connectivity index is 2.60. The number of fused-ring (bicyclic) bond motifs is 1. The standard InChI is InChI=1S/C12H12F3NO4/c13-12(14,15)8-4-10-9(19-1-2-20-10)3-6(8)7(5-16)11(17)18/h3-4,7H,1-2,5,16H2,(H,17,18). The Labute approximate surface area is 112 Å². The third kappa shape index (κ3) is 2.64. The fourth-order valence-electron chi connectivity index (χ4n) is 2.00. The van der Waals surface area contributed by atoms with Crippen LogP contribution in [0.15, 0.2) is 12.1 Å². The van der Waals surface area contributed by atoms with E-state index in [-0.39, 0.29) is 24.7 Å². The van der Waals surface area contributed by atoms with E-state index in [0.717, 1.165) is 12.1 Å². The number of carboxylic acid groups (broad SMARTS) is 1. The fraction of sp³-hybridized carbons (Fsp3) is 0.417. The maximum absolute atomic E-state index is 13.0. The van der Waals surface area contributed by atoms with Gasteiger partial charge in [0.05, 0.1) is 11.5 Å². The zero-order valence-corrected chi connectivity index (χ0v) is 10.2. The van der Waals surface area contributed by atoms with Crippen molar-refractivity contribution in [2.75, 3.05) is 19.8 Å². The Morgan fingerprint density at radius 3 is 2.30 bits per heavy atom. The summed E-state index contributed by atoms with van der Waals surface area (Å²) in [4.78, 5) is 11.1. The second-order valence-corrected chi connectivity index (χ2v) is 4.21. The van der Waals surface area contributed by atoms with Gasteiger partial charge in [-0.3, -0.25) is 4.79 Å². The minimum absolute atomic E-state index is 0.0477. The molecular weight excluding hydrogens is 279 g/mol. The topological polar surface area (TPSA) is 81.8 Å². The van der Waals surface area contributed by atoms with E-state index in [1.807, 2.05) is 0 Å². The SMILES string of the molecule is NCC(C(=O)O)c1cc2c(cc1C(F)(F)F)OCCO2. The molecule has 0 amide bonds. The van der Waals surface area contributed by atoms with Gasteiger partial charge in [-0.25, -0.2) is 0 Å². The molecule has 1 aromatic carbocycles.